The van der Waals surface area contributed by atoms with Crippen molar-refractivity contribution in [1.29, 1.82) is 0 Å². The molecular formula is C9H20N4O2. The van der Waals surface area contributed by atoms with E-state index in [9.17, 15) is 9.59 Å². The van der Waals surface area contributed by atoms with Gasteiger partial charge in [0.15, 0.2) is 0 Å². The van der Waals surface area contributed by atoms with Crippen molar-refractivity contribution >= 4 is 11.8 Å². The van der Waals surface area contributed by atoms with Gasteiger partial charge in [-0.3, -0.25) is 20.4 Å². The fourth-order valence-electron chi connectivity index (χ4n) is 1.45. The fraction of sp³-hybridized carbons (Fsp3) is 0.778. The highest BCUT2D eigenvalue weighted by molar-refractivity contribution is 5.78. The number of carbonyl (C=O) groups excluding carboxylic acids is 2. The van der Waals surface area contributed by atoms with E-state index < -0.39 is 0 Å². The number of nitrogens with two attached hydrogens (primary N) is 2. The predicted molar refractivity (Wildman–Crippen MR) is 56.9 cm³/mol. The van der Waals surface area contributed by atoms with Crippen molar-refractivity contribution in [2.45, 2.75) is 39.0 Å². The van der Waals surface area contributed by atoms with E-state index in [0.717, 1.165) is 12.8 Å². The van der Waals surface area contributed by atoms with Crippen molar-refractivity contribution in [1.82, 2.24) is 10.9 Å². The molecule has 0 bridgehead atoms. The molecule has 2 amide bonds. The number of carbonyl (C=O) groups is 2. The van der Waals surface area contributed by atoms with Crippen LogP contribution < -0.4 is 22.5 Å². The third-order valence-corrected chi connectivity index (χ3v) is 2.27. The van der Waals surface area contributed by atoms with Gasteiger partial charge in [-0.1, -0.05) is 13.3 Å². The lowest BCUT2D eigenvalue weighted by molar-refractivity contribution is -0.126. The first-order valence-corrected chi connectivity index (χ1v) is 5.15. The lowest BCUT2D eigenvalue weighted by atomic mass is 9.96. The van der Waals surface area contributed by atoms with Gasteiger partial charge in [0.25, 0.3) is 0 Å². The zero-order valence-electron chi connectivity index (χ0n) is 9.08. The van der Waals surface area contributed by atoms with Crippen LogP contribution in [0.4, 0.5) is 0 Å². The number of hydrogen-bond acceptors (Lipinski definition) is 4. The Morgan fingerprint density at radius 1 is 1.20 bits per heavy atom. The first kappa shape index (κ1) is 13.9. The van der Waals surface area contributed by atoms with Gasteiger partial charge in [-0.2, -0.15) is 0 Å². The Hall–Kier alpha value is -1.14. The maximum Gasteiger partial charge on any atom is 0.236 e. The average molecular weight is 216 g/mol. The summed E-state index contributed by atoms with van der Waals surface area (Å²) in [5.41, 5.74) is 4.19. The summed E-state index contributed by atoms with van der Waals surface area (Å²) < 4.78 is 0. The Kier molecular flexibility index (Phi) is 7.57. The molecular weight excluding hydrogens is 196 g/mol. The van der Waals surface area contributed by atoms with Gasteiger partial charge in [0.2, 0.25) is 11.8 Å². The van der Waals surface area contributed by atoms with Gasteiger partial charge < -0.3 is 0 Å². The van der Waals surface area contributed by atoms with E-state index >= 15 is 0 Å². The maximum atomic E-state index is 11.3. The van der Waals surface area contributed by atoms with Crippen LogP contribution in [0.1, 0.15) is 39.0 Å². The van der Waals surface area contributed by atoms with E-state index in [-0.39, 0.29) is 17.7 Å². The van der Waals surface area contributed by atoms with Gasteiger partial charge >= 0.3 is 0 Å². The van der Waals surface area contributed by atoms with Crippen LogP contribution in [0.2, 0.25) is 0 Å². The molecule has 0 aliphatic carbocycles. The van der Waals surface area contributed by atoms with E-state index in [4.69, 9.17) is 11.7 Å². The number of hydrogen-bond donors (Lipinski definition) is 4. The van der Waals surface area contributed by atoms with Gasteiger partial charge in [0, 0.05) is 12.3 Å². The van der Waals surface area contributed by atoms with E-state index in [1.807, 2.05) is 12.3 Å². The van der Waals surface area contributed by atoms with E-state index in [1.165, 1.54) is 0 Å². The van der Waals surface area contributed by atoms with Crippen molar-refractivity contribution in [3.05, 3.63) is 0 Å². The van der Waals surface area contributed by atoms with Crippen molar-refractivity contribution in [2.24, 2.45) is 17.6 Å². The second-order valence-electron chi connectivity index (χ2n) is 3.45. The number of rotatable bonds is 7. The molecule has 0 rings (SSSR count). The van der Waals surface area contributed by atoms with Crippen LogP contribution in [-0.2, 0) is 9.59 Å². The molecule has 0 heterocycles. The summed E-state index contributed by atoms with van der Waals surface area (Å²) in [7, 11) is 0. The zero-order valence-corrected chi connectivity index (χ0v) is 9.08. The summed E-state index contributed by atoms with van der Waals surface area (Å²) >= 11 is 0. The standard InChI is InChI=1S/C9H20N4O2/c1-2-4-7(9(15)13-11)5-3-6-8(14)12-10/h7H,2-6,10-11H2,1H3,(H,12,14)(H,13,15). The highest BCUT2D eigenvalue weighted by Gasteiger charge is 2.16. The Morgan fingerprint density at radius 2 is 1.87 bits per heavy atom. The Morgan fingerprint density at radius 3 is 2.33 bits per heavy atom. The van der Waals surface area contributed by atoms with Gasteiger partial charge in [0.05, 0.1) is 0 Å². The van der Waals surface area contributed by atoms with Crippen molar-refractivity contribution in [3.8, 4) is 0 Å². The molecule has 88 valence electrons. The van der Waals surface area contributed by atoms with Crippen molar-refractivity contribution in [3.63, 3.8) is 0 Å². The summed E-state index contributed by atoms with van der Waals surface area (Å²) in [4.78, 5) is 22.1. The summed E-state index contributed by atoms with van der Waals surface area (Å²) in [6.45, 7) is 2.00. The molecule has 0 radical (unpaired) electrons. The molecule has 0 aliphatic rings. The molecule has 6 heteroatoms. The molecule has 0 aromatic heterocycles. The minimum Gasteiger partial charge on any atom is -0.294 e. The summed E-state index contributed by atoms with van der Waals surface area (Å²) in [5, 5.41) is 0. The van der Waals surface area contributed by atoms with E-state index in [0.29, 0.717) is 19.3 Å². The molecule has 0 aromatic carbocycles. The van der Waals surface area contributed by atoms with Gasteiger partial charge in [0.1, 0.15) is 0 Å². The molecule has 6 N–H and O–H groups in total. The molecule has 15 heavy (non-hydrogen) atoms. The average Bonchev–Trinajstić information content (AvgIpc) is 2.26. The van der Waals surface area contributed by atoms with Crippen LogP contribution in [0.25, 0.3) is 0 Å². The largest absolute Gasteiger partial charge is 0.294 e. The number of nitrogens with one attached hydrogen (secondary N) is 2. The van der Waals surface area contributed by atoms with Crippen LogP contribution in [0.3, 0.4) is 0 Å². The summed E-state index contributed by atoms with van der Waals surface area (Å²) in [5.74, 6) is 9.52. The third kappa shape index (κ3) is 6.03. The lowest BCUT2D eigenvalue weighted by Gasteiger charge is -2.13. The van der Waals surface area contributed by atoms with Crippen molar-refractivity contribution in [2.75, 3.05) is 0 Å². The predicted octanol–water partition coefficient (Wildman–Crippen LogP) is -0.447. The van der Waals surface area contributed by atoms with E-state index in [2.05, 4.69) is 5.43 Å². The maximum absolute atomic E-state index is 11.3. The second kappa shape index (κ2) is 8.19. The minimum absolute atomic E-state index is 0.106. The summed E-state index contributed by atoms with van der Waals surface area (Å²) in [6.07, 6.45) is 3.34. The van der Waals surface area contributed by atoms with Crippen molar-refractivity contribution < 1.29 is 9.59 Å². The first-order chi connectivity index (χ1) is 7.15. The van der Waals surface area contributed by atoms with Crippen LogP contribution in [0.5, 0.6) is 0 Å². The molecule has 6 nitrogen and oxygen atoms in total. The molecule has 0 saturated carbocycles. The van der Waals surface area contributed by atoms with Gasteiger partial charge in [-0.05, 0) is 19.3 Å². The first-order valence-electron chi connectivity index (χ1n) is 5.15. The van der Waals surface area contributed by atoms with E-state index in [1.54, 1.807) is 0 Å². The number of hydrazine groups is 2. The normalized spacial score (nSPS) is 11.9. The molecule has 0 saturated heterocycles. The lowest BCUT2D eigenvalue weighted by Crippen LogP contribution is -2.36. The highest BCUT2D eigenvalue weighted by atomic mass is 16.2. The van der Waals surface area contributed by atoms with Crippen LogP contribution in [0.15, 0.2) is 0 Å². The SMILES string of the molecule is CCCC(CCCC(=O)NN)C(=O)NN. The Balaban J connectivity index is 3.85. The molecule has 1 unspecified atom stereocenters. The topological polar surface area (TPSA) is 110 Å². The Bertz CT molecular complexity index is 208. The molecule has 0 spiro atoms. The Labute approximate surface area is 89.7 Å². The molecule has 0 fully saturated rings. The van der Waals surface area contributed by atoms with Crippen LogP contribution >= 0.6 is 0 Å². The third-order valence-electron chi connectivity index (χ3n) is 2.27. The van der Waals surface area contributed by atoms with Crippen LogP contribution in [-0.4, -0.2) is 11.8 Å². The zero-order chi connectivity index (χ0) is 11.7. The molecule has 0 aliphatic heterocycles. The molecule has 1 atom stereocenters. The highest BCUT2D eigenvalue weighted by Crippen LogP contribution is 2.14. The quantitative estimate of drug-likeness (QED) is 0.262. The smallest absolute Gasteiger partial charge is 0.236 e. The fourth-order valence-corrected chi connectivity index (χ4v) is 1.45. The minimum atomic E-state index is -0.210. The summed E-state index contributed by atoms with van der Waals surface area (Å²) in [6, 6.07) is 0. The molecule has 0 aromatic rings. The van der Waals surface area contributed by atoms with Gasteiger partial charge in [-0.25, -0.2) is 11.7 Å². The van der Waals surface area contributed by atoms with Gasteiger partial charge in [-0.15, -0.1) is 0 Å². The van der Waals surface area contributed by atoms with Crippen LogP contribution in [0, 0.1) is 5.92 Å². The second-order valence-corrected chi connectivity index (χ2v) is 3.45. The number of amides is 2. The monoisotopic (exact) mass is 216 g/mol.